The maximum absolute atomic E-state index is 5.95. The monoisotopic (exact) mass is 268 g/mol. The Hall–Kier alpha value is -1.45. The molecule has 5 heteroatoms. The molecule has 17 heavy (non-hydrogen) atoms. The van der Waals surface area contributed by atoms with Gasteiger partial charge in [0.1, 0.15) is 10.8 Å². The summed E-state index contributed by atoms with van der Waals surface area (Å²) in [5, 5.41) is 3.89. The molecule has 0 bridgehead atoms. The summed E-state index contributed by atoms with van der Waals surface area (Å²) in [6, 6.07) is 9.06. The van der Waals surface area contributed by atoms with Crippen LogP contribution in [-0.4, -0.2) is 12.0 Å². The van der Waals surface area contributed by atoms with Gasteiger partial charge >= 0.3 is 0 Å². The standard InChI is InChI=1S/C12H10Cl2N2O/c1-15-9-2-4-10(5-3-9)17-12-11(14)6-8(13)7-16-12/h2-7,15H,1H3. The Labute approximate surface area is 109 Å². The Balaban J connectivity index is 2.19. The quantitative estimate of drug-likeness (QED) is 0.905. The van der Waals surface area contributed by atoms with Gasteiger partial charge in [0.05, 0.1) is 5.02 Å². The highest BCUT2D eigenvalue weighted by molar-refractivity contribution is 6.35. The molecular weight excluding hydrogens is 259 g/mol. The van der Waals surface area contributed by atoms with Crippen molar-refractivity contribution < 1.29 is 4.74 Å². The molecule has 3 nitrogen and oxygen atoms in total. The molecule has 0 spiro atoms. The lowest BCUT2D eigenvalue weighted by Crippen LogP contribution is -1.90. The fraction of sp³-hybridized carbons (Fsp3) is 0.0833. The predicted octanol–water partition coefficient (Wildman–Crippen LogP) is 4.22. The van der Waals surface area contributed by atoms with Crippen LogP contribution in [0.15, 0.2) is 36.5 Å². The lowest BCUT2D eigenvalue weighted by molar-refractivity contribution is 0.463. The molecule has 0 aliphatic heterocycles. The van der Waals surface area contributed by atoms with E-state index in [0.29, 0.717) is 21.7 Å². The highest BCUT2D eigenvalue weighted by Crippen LogP contribution is 2.29. The Morgan fingerprint density at radius 3 is 2.47 bits per heavy atom. The van der Waals surface area contributed by atoms with E-state index in [9.17, 15) is 0 Å². The second-order valence-corrected chi connectivity index (χ2v) is 4.16. The third-order valence-corrected chi connectivity index (χ3v) is 2.61. The predicted molar refractivity (Wildman–Crippen MR) is 70.3 cm³/mol. The number of rotatable bonds is 3. The van der Waals surface area contributed by atoms with Crippen molar-refractivity contribution >= 4 is 28.9 Å². The van der Waals surface area contributed by atoms with Gasteiger partial charge in [-0.2, -0.15) is 0 Å². The highest BCUT2D eigenvalue weighted by Gasteiger charge is 2.05. The van der Waals surface area contributed by atoms with Crippen molar-refractivity contribution in [3.05, 3.63) is 46.6 Å². The van der Waals surface area contributed by atoms with E-state index in [4.69, 9.17) is 27.9 Å². The van der Waals surface area contributed by atoms with E-state index in [1.54, 1.807) is 6.07 Å². The molecule has 0 aliphatic carbocycles. The largest absolute Gasteiger partial charge is 0.438 e. The van der Waals surface area contributed by atoms with Crippen LogP contribution in [-0.2, 0) is 0 Å². The molecule has 0 unspecified atom stereocenters. The average Bonchev–Trinajstić information content (AvgIpc) is 2.34. The highest BCUT2D eigenvalue weighted by atomic mass is 35.5. The van der Waals surface area contributed by atoms with Crippen molar-refractivity contribution in [1.82, 2.24) is 4.98 Å². The van der Waals surface area contributed by atoms with Crippen molar-refractivity contribution in [2.45, 2.75) is 0 Å². The first kappa shape index (κ1) is 12.0. The van der Waals surface area contributed by atoms with Crippen LogP contribution in [0, 0.1) is 0 Å². The first-order chi connectivity index (χ1) is 8.19. The summed E-state index contributed by atoms with van der Waals surface area (Å²) < 4.78 is 5.53. The zero-order valence-corrected chi connectivity index (χ0v) is 10.6. The van der Waals surface area contributed by atoms with Crippen LogP contribution in [0.2, 0.25) is 10.0 Å². The van der Waals surface area contributed by atoms with E-state index >= 15 is 0 Å². The minimum atomic E-state index is 0.341. The van der Waals surface area contributed by atoms with Crippen molar-refractivity contribution in [3.8, 4) is 11.6 Å². The van der Waals surface area contributed by atoms with E-state index in [1.165, 1.54) is 6.20 Å². The number of hydrogen-bond acceptors (Lipinski definition) is 3. The van der Waals surface area contributed by atoms with E-state index in [2.05, 4.69) is 10.3 Å². The zero-order chi connectivity index (χ0) is 12.3. The molecule has 88 valence electrons. The number of pyridine rings is 1. The lowest BCUT2D eigenvalue weighted by atomic mass is 10.3. The van der Waals surface area contributed by atoms with E-state index in [0.717, 1.165) is 5.69 Å². The molecule has 0 aliphatic rings. The van der Waals surface area contributed by atoms with Gasteiger partial charge < -0.3 is 10.1 Å². The van der Waals surface area contributed by atoms with Gasteiger partial charge in [-0.3, -0.25) is 0 Å². The molecule has 2 rings (SSSR count). The SMILES string of the molecule is CNc1ccc(Oc2ncc(Cl)cc2Cl)cc1. The smallest absolute Gasteiger partial charge is 0.238 e. The minimum absolute atomic E-state index is 0.341. The molecule has 1 aromatic carbocycles. The van der Waals surface area contributed by atoms with Gasteiger partial charge in [0.25, 0.3) is 0 Å². The molecule has 0 atom stereocenters. The topological polar surface area (TPSA) is 34.1 Å². The number of nitrogens with one attached hydrogen (secondary N) is 1. The van der Waals surface area contributed by atoms with Gasteiger partial charge in [0, 0.05) is 18.9 Å². The zero-order valence-electron chi connectivity index (χ0n) is 9.08. The minimum Gasteiger partial charge on any atom is -0.438 e. The molecule has 1 N–H and O–H groups in total. The molecule has 0 amide bonds. The summed E-state index contributed by atoms with van der Waals surface area (Å²) in [5.74, 6) is 1.01. The number of benzene rings is 1. The summed E-state index contributed by atoms with van der Waals surface area (Å²) >= 11 is 11.7. The van der Waals surface area contributed by atoms with Gasteiger partial charge in [-0.1, -0.05) is 23.2 Å². The van der Waals surface area contributed by atoms with Crippen molar-refractivity contribution in [2.75, 3.05) is 12.4 Å². The van der Waals surface area contributed by atoms with Crippen LogP contribution >= 0.6 is 23.2 Å². The van der Waals surface area contributed by atoms with E-state index in [-0.39, 0.29) is 0 Å². The summed E-state index contributed by atoms with van der Waals surface area (Å²) in [6.45, 7) is 0. The van der Waals surface area contributed by atoms with Gasteiger partial charge in [-0.15, -0.1) is 0 Å². The number of nitrogens with zero attached hydrogens (tertiary/aromatic N) is 1. The molecule has 1 heterocycles. The number of ether oxygens (including phenoxy) is 1. The third kappa shape index (κ3) is 3.02. The summed E-state index contributed by atoms with van der Waals surface area (Å²) in [5.41, 5.74) is 1.01. The Morgan fingerprint density at radius 2 is 1.88 bits per heavy atom. The molecule has 0 saturated carbocycles. The lowest BCUT2D eigenvalue weighted by Gasteiger charge is -2.07. The second-order valence-electron chi connectivity index (χ2n) is 3.32. The van der Waals surface area contributed by atoms with Gasteiger partial charge in [-0.05, 0) is 30.3 Å². The molecule has 2 aromatic rings. The van der Waals surface area contributed by atoms with Crippen LogP contribution in [0.4, 0.5) is 5.69 Å². The van der Waals surface area contributed by atoms with E-state index < -0.39 is 0 Å². The summed E-state index contributed by atoms with van der Waals surface area (Å²) in [6.07, 6.45) is 1.49. The average molecular weight is 269 g/mol. The Morgan fingerprint density at radius 1 is 1.18 bits per heavy atom. The second kappa shape index (κ2) is 5.25. The molecule has 0 fully saturated rings. The molecule has 0 radical (unpaired) electrons. The molecular formula is C12H10Cl2N2O. The van der Waals surface area contributed by atoms with Crippen molar-refractivity contribution in [3.63, 3.8) is 0 Å². The number of hydrogen-bond donors (Lipinski definition) is 1. The number of halogens is 2. The maximum Gasteiger partial charge on any atom is 0.238 e. The first-order valence-corrected chi connectivity index (χ1v) is 5.71. The summed E-state index contributed by atoms with van der Waals surface area (Å²) in [4.78, 5) is 4.01. The van der Waals surface area contributed by atoms with Crippen LogP contribution < -0.4 is 10.1 Å². The van der Waals surface area contributed by atoms with Crippen LogP contribution in [0.25, 0.3) is 0 Å². The molecule has 0 saturated heterocycles. The first-order valence-electron chi connectivity index (χ1n) is 4.96. The summed E-state index contributed by atoms with van der Waals surface area (Å²) in [7, 11) is 1.85. The van der Waals surface area contributed by atoms with Gasteiger partial charge in [0.2, 0.25) is 5.88 Å². The molecule has 1 aromatic heterocycles. The van der Waals surface area contributed by atoms with Crippen molar-refractivity contribution in [1.29, 1.82) is 0 Å². The van der Waals surface area contributed by atoms with Gasteiger partial charge in [0.15, 0.2) is 0 Å². The Kier molecular flexibility index (Phi) is 3.71. The fourth-order valence-electron chi connectivity index (χ4n) is 1.28. The van der Waals surface area contributed by atoms with Crippen molar-refractivity contribution in [2.24, 2.45) is 0 Å². The number of aromatic nitrogens is 1. The van der Waals surface area contributed by atoms with Crippen LogP contribution in [0.3, 0.4) is 0 Å². The van der Waals surface area contributed by atoms with Crippen LogP contribution in [0.5, 0.6) is 11.6 Å². The maximum atomic E-state index is 5.95. The Bertz CT molecular complexity index is 514. The third-order valence-electron chi connectivity index (χ3n) is 2.13. The normalized spacial score (nSPS) is 10.1. The van der Waals surface area contributed by atoms with E-state index in [1.807, 2.05) is 31.3 Å². The fourth-order valence-corrected chi connectivity index (χ4v) is 1.70. The number of anilines is 1. The van der Waals surface area contributed by atoms with Gasteiger partial charge in [-0.25, -0.2) is 4.98 Å². The van der Waals surface area contributed by atoms with Crippen LogP contribution in [0.1, 0.15) is 0 Å².